The van der Waals surface area contributed by atoms with Crippen molar-refractivity contribution in [3.63, 3.8) is 0 Å². The topological polar surface area (TPSA) is 29.5 Å². The first-order valence-electron chi connectivity index (χ1n) is 8.41. The molecular formula is C22H23NO2. The van der Waals surface area contributed by atoms with Gasteiger partial charge < -0.3 is 4.74 Å². The van der Waals surface area contributed by atoms with Crippen molar-refractivity contribution in [2.24, 2.45) is 0 Å². The highest BCUT2D eigenvalue weighted by atomic mass is 16.5. The highest BCUT2D eigenvalue weighted by molar-refractivity contribution is 5.94. The molecule has 0 aliphatic rings. The van der Waals surface area contributed by atoms with Gasteiger partial charge in [-0.05, 0) is 54.6 Å². The van der Waals surface area contributed by atoms with Crippen molar-refractivity contribution in [3.05, 3.63) is 77.4 Å². The van der Waals surface area contributed by atoms with Crippen LogP contribution in [0.3, 0.4) is 0 Å². The first-order valence-corrected chi connectivity index (χ1v) is 8.41. The van der Waals surface area contributed by atoms with Crippen LogP contribution in [0.5, 0.6) is 5.75 Å². The summed E-state index contributed by atoms with van der Waals surface area (Å²) < 4.78 is 5.45. The van der Waals surface area contributed by atoms with E-state index in [4.69, 9.17) is 4.74 Å². The standard InChI is InChI=1S/C22H23NO2/c1-16(24)19-10-11-22(25-3)21(13-19)15-23(2)14-17-8-9-18-6-4-5-7-20(18)12-17/h4-13H,14-15H2,1-3H3. The van der Waals surface area contributed by atoms with Gasteiger partial charge in [-0.15, -0.1) is 0 Å². The number of hydrogen-bond donors (Lipinski definition) is 0. The summed E-state index contributed by atoms with van der Waals surface area (Å²) in [6.45, 7) is 3.14. The van der Waals surface area contributed by atoms with Crippen LogP contribution in [-0.4, -0.2) is 24.8 Å². The molecule has 0 spiro atoms. The van der Waals surface area contributed by atoms with Crippen molar-refractivity contribution < 1.29 is 9.53 Å². The lowest BCUT2D eigenvalue weighted by Crippen LogP contribution is -2.18. The molecule has 3 nitrogen and oxygen atoms in total. The number of carbonyl (C=O) groups excluding carboxylic acids is 1. The van der Waals surface area contributed by atoms with Gasteiger partial charge in [0.25, 0.3) is 0 Å². The zero-order valence-electron chi connectivity index (χ0n) is 15.0. The molecule has 3 aromatic carbocycles. The van der Waals surface area contributed by atoms with Gasteiger partial charge in [-0.2, -0.15) is 0 Å². The zero-order chi connectivity index (χ0) is 17.8. The van der Waals surface area contributed by atoms with Gasteiger partial charge in [0.1, 0.15) is 5.75 Å². The fraction of sp³-hybridized carbons (Fsp3) is 0.227. The number of Topliss-reactive ketones (excluding diaryl/α,β-unsaturated/α-hetero) is 1. The van der Waals surface area contributed by atoms with E-state index >= 15 is 0 Å². The second-order valence-corrected chi connectivity index (χ2v) is 6.44. The first-order chi connectivity index (χ1) is 12.1. The number of fused-ring (bicyclic) bond motifs is 1. The van der Waals surface area contributed by atoms with E-state index in [1.54, 1.807) is 14.0 Å². The third-order valence-electron chi connectivity index (χ3n) is 4.39. The van der Waals surface area contributed by atoms with Gasteiger partial charge in [-0.1, -0.05) is 36.4 Å². The summed E-state index contributed by atoms with van der Waals surface area (Å²) in [5, 5.41) is 2.51. The fourth-order valence-corrected chi connectivity index (χ4v) is 3.12. The van der Waals surface area contributed by atoms with E-state index in [2.05, 4.69) is 54.4 Å². The van der Waals surface area contributed by atoms with Gasteiger partial charge in [0.05, 0.1) is 7.11 Å². The fourth-order valence-electron chi connectivity index (χ4n) is 3.12. The predicted molar refractivity (Wildman–Crippen MR) is 102 cm³/mol. The minimum Gasteiger partial charge on any atom is -0.496 e. The molecule has 0 heterocycles. The van der Waals surface area contributed by atoms with Gasteiger partial charge in [0.2, 0.25) is 0 Å². The Morgan fingerprint density at radius 1 is 0.960 bits per heavy atom. The third kappa shape index (κ3) is 4.06. The van der Waals surface area contributed by atoms with E-state index in [1.807, 2.05) is 18.2 Å². The molecule has 0 N–H and O–H groups in total. The molecule has 0 aromatic heterocycles. The van der Waals surface area contributed by atoms with E-state index in [0.29, 0.717) is 0 Å². The van der Waals surface area contributed by atoms with Gasteiger partial charge in [0.15, 0.2) is 5.78 Å². The molecule has 3 aromatic rings. The minimum absolute atomic E-state index is 0.0704. The molecule has 25 heavy (non-hydrogen) atoms. The van der Waals surface area contributed by atoms with Crippen molar-refractivity contribution in [3.8, 4) is 5.75 Å². The van der Waals surface area contributed by atoms with Crippen molar-refractivity contribution in [2.45, 2.75) is 20.0 Å². The summed E-state index contributed by atoms with van der Waals surface area (Å²) >= 11 is 0. The Labute approximate surface area is 148 Å². The maximum atomic E-state index is 11.6. The smallest absolute Gasteiger partial charge is 0.159 e. The van der Waals surface area contributed by atoms with E-state index in [-0.39, 0.29) is 5.78 Å². The Hall–Kier alpha value is -2.65. The van der Waals surface area contributed by atoms with Crippen molar-refractivity contribution in [1.82, 2.24) is 4.90 Å². The largest absolute Gasteiger partial charge is 0.496 e. The number of nitrogens with zero attached hydrogens (tertiary/aromatic N) is 1. The molecule has 0 saturated carbocycles. The van der Waals surface area contributed by atoms with E-state index in [9.17, 15) is 4.79 Å². The second-order valence-electron chi connectivity index (χ2n) is 6.44. The van der Waals surface area contributed by atoms with Crippen LogP contribution < -0.4 is 4.74 Å². The SMILES string of the molecule is COc1ccc(C(C)=O)cc1CN(C)Cc1ccc2ccccc2c1. The second kappa shape index (κ2) is 7.49. The number of ether oxygens (including phenoxy) is 1. The van der Waals surface area contributed by atoms with Crippen LogP contribution in [0, 0.1) is 0 Å². The number of methoxy groups -OCH3 is 1. The van der Waals surface area contributed by atoms with Crippen molar-refractivity contribution in [2.75, 3.05) is 14.2 Å². The molecule has 0 aliphatic heterocycles. The number of rotatable bonds is 6. The lowest BCUT2D eigenvalue weighted by Gasteiger charge is -2.19. The lowest BCUT2D eigenvalue weighted by atomic mass is 10.1. The highest BCUT2D eigenvalue weighted by Gasteiger charge is 2.10. The summed E-state index contributed by atoms with van der Waals surface area (Å²) in [6, 6.07) is 20.6. The van der Waals surface area contributed by atoms with Gasteiger partial charge in [-0.3, -0.25) is 9.69 Å². The van der Waals surface area contributed by atoms with E-state index in [1.165, 1.54) is 16.3 Å². The molecule has 0 atom stereocenters. The van der Waals surface area contributed by atoms with E-state index in [0.717, 1.165) is 30.0 Å². The van der Waals surface area contributed by atoms with Crippen molar-refractivity contribution in [1.29, 1.82) is 0 Å². The first kappa shape index (κ1) is 17.2. The number of hydrogen-bond acceptors (Lipinski definition) is 3. The number of carbonyl (C=O) groups is 1. The summed E-state index contributed by atoms with van der Waals surface area (Å²) in [7, 11) is 3.74. The molecule has 0 fully saturated rings. The summed E-state index contributed by atoms with van der Waals surface area (Å²) in [6.07, 6.45) is 0. The Bertz CT molecular complexity index is 901. The summed E-state index contributed by atoms with van der Waals surface area (Å²) in [5.74, 6) is 0.886. The molecule has 0 aliphatic carbocycles. The normalized spacial score (nSPS) is 11.0. The lowest BCUT2D eigenvalue weighted by molar-refractivity contribution is 0.101. The molecule has 0 amide bonds. The van der Waals surface area contributed by atoms with Crippen LogP contribution in [0.2, 0.25) is 0 Å². The molecular weight excluding hydrogens is 310 g/mol. The summed E-state index contributed by atoms with van der Waals surface area (Å²) in [4.78, 5) is 13.9. The molecule has 0 unspecified atom stereocenters. The zero-order valence-corrected chi connectivity index (χ0v) is 15.0. The molecule has 0 bridgehead atoms. The van der Waals surface area contributed by atoms with Crippen molar-refractivity contribution >= 4 is 16.6 Å². The van der Waals surface area contributed by atoms with Gasteiger partial charge >= 0.3 is 0 Å². The average Bonchev–Trinajstić information content (AvgIpc) is 2.61. The quantitative estimate of drug-likeness (QED) is 0.613. The highest BCUT2D eigenvalue weighted by Crippen LogP contribution is 2.23. The van der Waals surface area contributed by atoms with Gasteiger partial charge in [-0.25, -0.2) is 0 Å². The Morgan fingerprint density at radius 2 is 1.72 bits per heavy atom. The molecule has 0 saturated heterocycles. The average molecular weight is 333 g/mol. The van der Waals surface area contributed by atoms with Crippen LogP contribution in [0.4, 0.5) is 0 Å². The number of ketones is 1. The van der Waals surface area contributed by atoms with Crippen LogP contribution >= 0.6 is 0 Å². The third-order valence-corrected chi connectivity index (χ3v) is 4.39. The molecule has 128 valence electrons. The van der Waals surface area contributed by atoms with Crippen LogP contribution in [-0.2, 0) is 13.1 Å². The minimum atomic E-state index is 0.0704. The maximum Gasteiger partial charge on any atom is 0.159 e. The molecule has 3 rings (SSSR count). The van der Waals surface area contributed by atoms with Crippen LogP contribution in [0.15, 0.2) is 60.7 Å². The Kier molecular flexibility index (Phi) is 5.15. The predicted octanol–water partition coefficient (Wildman–Crippen LogP) is 4.68. The van der Waals surface area contributed by atoms with E-state index < -0.39 is 0 Å². The Balaban J connectivity index is 1.78. The van der Waals surface area contributed by atoms with Crippen LogP contribution in [0.25, 0.3) is 10.8 Å². The Morgan fingerprint density at radius 3 is 2.44 bits per heavy atom. The number of benzene rings is 3. The van der Waals surface area contributed by atoms with Gasteiger partial charge in [0, 0.05) is 24.2 Å². The van der Waals surface area contributed by atoms with Crippen LogP contribution in [0.1, 0.15) is 28.4 Å². The maximum absolute atomic E-state index is 11.6. The molecule has 3 heteroatoms. The monoisotopic (exact) mass is 333 g/mol. The summed E-state index contributed by atoms with van der Waals surface area (Å²) in [5.41, 5.74) is 3.01. The molecule has 0 radical (unpaired) electrons.